The molecular weight excluding hydrogens is 288 g/mol. The molecule has 0 aromatic heterocycles. The van der Waals surface area contributed by atoms with Gasteiger partial charge in [0.25, 0.3) is 0 Å². The van der Waals surface area contributed by atoms with E-state index < -0.39 is 11.6 Å². The molecule has 0 aliphatic rings. The molecule has 0 radical (unpaired) electrons. The first-order valence-electron chi connectivity index (χ1n) is 7.37. The van der Waals surface area contributed by atoms with Crippen LogP contribution in [0, 0.1) is 11.8 Å². The maximum atomic E-state index is 12.4. The predicted octanol–water partition coefficient (Wildman–Crippen LogP) is 4.05. The van der Waals surface area contributed by atoms with Gasteiger partial charge in [-0.15, -0.1) is 0 Å². The van der Waals surface area contributed by atoms with Crippen LogP contribution < -0.4 is 4.74 Å². The van der Waals surface area contributed by atoms with Gasteiger partial charge in [-0.1, -0.05) is 30.0 Å². The molecule has 23 heavy (non-hydrogen) atoms. The van der Waals surface area contributed by atoms with Crippen LogP contribution in [0.3, 0.4) is 0 Å². The summed E-state index contributed by atoms with van der Waals surface area (Å²) in [5.74, 6) is 6.28. The van der Waals surface area contributed by atoms with Gasteiger partial charge in [0.1, 0.15) is 11.4 Å². The number of hydrogen-bond acceptors (Lipinski definition) is 3. The number of methoxy groups -OCH3 is 1. The zero-order valence-corrected chi connectivity index (χ0v) is 13.8. The first kappa shape index (κ1) is 16.6. The Morgan fingerprint density at radius 2 is 1.70 bits per heavy atom. The quantitative estimate of drug-likeness (QED) is 0.620. The summed E-state index contributed by atoms with van der Waals surface area (Å²) in [6, 6.07) is 14.8. The van der Waals surface area contributed by atoms with Crippen molar-refractivity contribution in [3.05, 3.63) is 65.2 Å². The Morgan fingerprint density at radius 1 is 1.00 bits per heavy atom. The summed E-state index contributed by atoms with van der Waals surface area (Å²) in [4.78, 5) is 12.4. The fraction of sp³-hybridized carbons (Fsp3) is 0.250. The molecule has 3 nitrogen and oxygen atoms in total. The number of carbonyl (C=O) groups excluding carboxylic acids is 1. The molecule has 0 unspecified atom stereocenters. The Kier molecular flexibility index (Phi) is 5.08. The summed E-state index contributed by atoms with van der Waals surface area (Å²) in [6.07, 6.45) is 0. The zero-order valence-electron chi connectivity index (χ0n) is 13.8. The summed E-state index contributed by atoms with van der Waals surface area (Å²) < 4.78 is 10.7. The fourth-order valence-corrected chi connectivity index (χ4v) is 1.92. The molecule has 0 heterocycles. The SMILES string of the molecule is COc1ccc(C#Cc2ccccc2)c(C(=O)OC(C)(C)C)c1. The van der Waals surface area contributed by atoms with Crippen LogP contribution in [0.2, 0.25) is 0 Å². The Labute approximate surface area is 137 Å². The summed E-state index contributed by atoms with van der Waals surface area (Å²) in [6.45, 7) is 5.50. The molecule has 0 spiro atoms. The van der Waals surface area contributed by atoms with Crippen molar-refractivity contribution in [3.63, 3.8) is 0 Å². The molecule has 0 atom stereocenters. The van der Waals surface area contributed by atoms with E-state index in [2.05, 4.69) is 11.8 Å². The Bertz CT molecular complexity index is 744. The van der Waals surface area contributed by atoms with E-state index in [9.17, 15) is 4.79 Å². The molecule has 2 aromatic carbocycles. The summed E-state index contributed by atoms with van der Waals surface area (Å²) in [5.41, 5.74) is 1.34. The molecule has 0 saturated carbocycles. The minimum Gasteiger partial charge on any atom is -0.497 e. The van der Waals surface area contributed by atoms with Crippen molar-refractivity contribution >= 4 is 5.97 Å². The summed E-state index contributed by atoms with van der Waals surface area (Å²) in [7, 11) is 1.56. The topological polar surface area (TPSA) is 35.5 Å². The number of ether oxygens (including phenoxy) is 2. The largest absolute Gasteiger partial charge is 0.497 e. The van der Waals surface area contributed by atoms with E-state index in [1.807, 2.05) is 51.1 Å². The summed E-state index contributed by atoms with van der Waals surface area (Å²) in [5, 5.41) is 0. The van der Waals surface area contributed by atoms with E-state index in [0.717, 1.165) is 5.56 Å². The van der Waals surface area contributed by atoms with E-state index in [1.165, 1.54) is 0 Å². The van der Waals surface area contributed by atoms with Gasteiger partial charge in [0.15, 0.2) is 0 Å². The normalized spacial score (nSPS) is 10.4. The number of carbonyl (C=O) groups is 1. The van der Waals surface area contributed by atoms with E-state index in [4.69, 9.17) is 9.47 Å². The van der Waals surface area contributed by atoms with Crippen LogP contribution in [-0.4, -0.2) is 18.7 Å². The highest BCUT2D eigenvalue weighted by Crippen LogP contribution is 2.20. The lowest BCUT2D eigenvalue weighted by atomic mass is 10.1. The third-order valence-electron chi connectivity index (χ3n) is 2.96. The third kappa shape index (κ3) is 4.89. The van der Waals surface area contributed by atoms with Gasteiger partial charge in [-0.2, -0.15) is 0 Å². The average Bonchev–Trinajstić information content (AvgIpc) is 2.52. The van der Waals surface area contributed by atoms with Crippen molar-refractivity contribution in [2.24, 2.45) is 0 Å². The second kappa shape index (κ2) is 7.02. The highest BCUT2D eigenvalue weighted by Gasteiger charge is 2.20. The molecule has 3 heteroatoms. The van der Waals surface area contributed by atoms with Crippen molar-refractivity contribution < 1.29 is 14.3 Å². The van der Waals surface area contributed by atoms with Crippen molar-refractivity contribution in [2.75, 3.05) is 7.11 Å². The Hall–Kier alpha value is -2.73. The number of esters is 1. The maximum Gasteiger partial charge on any atom is 0.340 e. The molecule has 0 aliphatic carbocycles. The maximum absolute atomic E-state index is 12.4. The smallest absolute Gasteiger partial charge is 0.340 e. The van der Waals surface area contributed by atoms with Crippen LogP contribution in [0.15, 0.2) is 48.5 Å². The Morgan fingerprint density at radius 3 is 2.30 bits per heavy atom. The minimum absolute atomic E-state index is 0.405. The third-order valence-corrected chi connectivity index (χ3v) is 2.96. The molecule has 0 fully saturated rings. The summed E-state index contributed by atoms with van der Waals surface area (Å²) >= 11 is 0. The van der Waals surface area contributed by atoms with Gasteiger partial charge in [0.05, 0.1) is 12.7 Å². The monoisotopic (exact) mass is 308 g/mol. The van der Waals surface area contributed by atoms with Crippen LogP contribution in [-0.2, 0) is 4.74 Å². The van der Waals surface area contributed by atoms with Gasteiger partial charge in [0, 0.05) is 11.1 Å². The average molecular weight is 308 g/mol. The van der Waals surface area contributed by atoms with Crippen LogP contribution >= 0.6 is 0 Å². The first-order chi connectivity index (χ1) is 10.9. The van der Waals surface area contributed by atoms with Crippen LogP contribution in [0.25, 0.3) is 0 Å². The van der Waals surface area contributed by atoms with E-state index in [0.29, 0.717) is 16.9 Å². The standard InChI is InChI=1S/C20H20O3/c1-20(2,3)23-19(21)18-14-17(22-4)13-12-16(18)11-10-15-8-6-5-7-9-15/h5-9,12-14H,1-4H3. The molecule has 0 aliphatic heterocycles. The van der Waals surface area contributed by atoms with Gasteiger partial charge in [0.2, 0.25) is 0 Å². The van der Waals surface area contributed by atoms with Gasteiger partial charge < -0.3 is 9.47 Å². The molecule has 2 aromatic rings. The molecule has 0 bridgehead atoms. The number of rotatable bonds is 2. The van der Waals surface area contributed by atoms with Crippen molar-refractivity contribution in [1.29, 1.82) is 0 Å². The van der Waals surface area contributed by atoms with Gasteiger partial charge in [-0.25, -0.2) is 4.79 Å². The molecular formula is C20H20O3. The Balaban J connectivity index is 2.40. The molecule has 118 valence electrons. The lowest BCUT2D eigenvalue weighted by molar-refractivity contribution is 0.00689. The molecule has 0 N–H and O–H groups in total. The van der Waals surface area contributed by atoms with Crippen LogP contribution in [0.5, 0.6) is 5.75 Å². The van der Waals surface area contributed by atoms with Crippen molar-refractivity contribution in [1.82, 2.24) is 0 Å². The van der Waals surface area contributed by atoms with Crippen LogP contribution in [0.1, 0.15) is 42.3 Å². The fourth-order valence-electron chi connectivity index (χ4n) is 1.92. The zero-order chi connectivity index (χ0) is 16.9. The van der Waals surface area contributed by atoms with Crippen LogP contribution in [0.4, 0.5) is 0 Å². The van der Waals surface area contributed by atoms with Gasteiger partial charge in [-0.05, 0) is 51.1 Å². The first-order valence-corrected chi connectivity index (χ1v) is 7.37. The van der Waals surface area contributed by atoms with Gasteiger partial charge >= 0.3 is 5.97 Å². The molecule has 0 saturated heterocycles. The van der Waals surface area contributed by atoms with E-state index >= 15 is 0 Å². The second-order valence-electron chi connectivity index (χ2n) is 6.03. The number of hydrogen-bond donors (Lipinski definition) is 0. The minimum atomic E-state index is -0.565. The van der Waals surface area contributed by atoms with E-state index in [1.54, 1.807) is 25.3 Å². The van der Waals surface area contributed by atoms with E-state index in [-0.39, 0.29) is 0 Å². The lowest BCUT2D eigenvalue weighted by Gasteiger charge is -2.20. The highest BCUT2D eigenvalue weighted by molar-refractivity contribution is 5.93. The van der Waals surface area contributed by atoms with Crippen molar-refractivity contribution in [2.45, 2.75) is 26.4 Å². The predicted molar refractivity (Wildman–Crippen MR) is 90.6 cm³/mol. The highest BCUT2D eigenvalue weighted by atomic mass is 16.6. The second-order valence-corrected chi connectivity index (χ2v) is 6.03. The van der Waals surface area contributed by atoms with Gasteiger partial charge in [-0.3, -0.25) is 0 Å². The molecule has 2 rings (SSSR count). The number of benzene rings is 2. The molecule has 0 amide bonds. The lowest BCUT2D eigenvalue weighted by Crippen LogP contribution is -2.24. The van der Waals surface area contributed by atoms with Crippen molar-refractivity contribution in [3.8, 4) is 17.6 Å².